The summed E-state index contributed by atoms with van der Waals surface area (Å²) in [6, 6.07) is 4.09. The smallest absolute Gasteiger partial charge is 0.252 e. The van der Waals surface area contributed by atoms with Crippen LogP contribution in [0.25, 0.3) is 0 Å². The summed E-state index contributed by atoms with van der Waals surface area (Å²) in [5.41, 5.74) is 0.0789. The van der Waals surface area contributed by atoms with Gasteiger partial charge in [-0.25, -0.2) is 8.42 Å². The zero-order chi connectivity index (χ0) is 20.3. The topological polar surface area (TPSA) is 104 Å². The van der Waals surface area contributed by atoms with Crippen molar-refractivity contribution in [2.24, 2.45) is 0 Å². The largest absolute Gasteiger partial charge is 0.352 e. The van der Waals surface area contributed by atoms with Crippen LogP contribution in [-0.4, -0.2) is 61.5 Å². The number of imide groups is 1. The number of amides is 3. The Kier molecular flexibility index (Phi) is 6.36. The molecular weight excluding hydrogens is 406 g/mol. The van der Waals surface area contributed by atoms with E-state index in [2.05, 4.69) is 5.32 Å². The Morgan fingerprint density at radius 1 is 1.11 bits per heavy atom. The van der Waals surface area contributed by atoms with Crippen LogP contribution in [0.4, 0.5) is 0 Å². The molecule has 0 unspecified atom stereocenters. The quantitative estimate of drug-likeness (QED) is 0.523. The Labute approximate surface area is 168 Å². The van der Waals surface area contributed by atoms with Crippen LogP contribution in [0.5, 0.6) is 0 Å². The molecule has 0 bridgehead atoms. The van der Waals surface area contributed by atoms with Crippen molar-refractivity contribution in [3.63, 3.8) is 0 Å². The molecule has 2 saturated heterocycles. The van der Waals surface area contributed by atoms with E-state index in [4.69, 9.17) is 11.6 Å². The summed E-state index contributed by atoms with van der Waals surface area (Å²) in [4.78, 5) is 36.8. The Morgan fingerprint density at radius 2 is 1.75 bits per heavy atom. The average Bonchev–Trinajstić information content (AvgIpc) is 3.31. The summed E-state index contributed by atoms with van der Waals surface area (Å²) in [5.74, 6) is -0.888. The molecule has 2 fully saturated rings. The summed E-state index contributed by atoms with van der Waals surface area (Å²) in [5, 5.41) is 2.82. The highest BCUT2D eigenvalue weighted by molar-refractivity contribution is 7.89. The van der Waals surface area contributed by atoms with Crippen LogP contribution in [0.3, 0.4) is 0 Å². The van der Waals surface area contributed by atoms with E-state index in [0.29, 0.717) is 19.5 Å². The number of hydrogen-bond acceptors (Lipinski definition) is 5. The zero-order valence-corrected chi connectivity index (χ0v) is 16.9. The molecule has 2 heterocycles. The molecule has 2 aliphatic heterocycles. The second kappa shape index (κ2) is 8.59. The van der Waals surface area contributed by atoms with E-state index < -0.39 is 15.9 Å². The SMILES string of the molecule is O=C(NCCCN1C(=O)CCC1=O)c1cc(S(=O)(=O)N2CCCC2)ccc1Cl. The first-order valence-electron chi connectivity index (χ1n) is 9.22. The third-order valence-electron chi connectivity index (χ3n) is 4.88. The van der Waals surface area contributed by atoms with E-state index in [9.17, 15) is 22.8 Å². The van der Waals surface area contributed by atoms with Crippen molar-refractivity contribution < 1.29 is 22.8 Å². The molecule has 3 rings (SSSR count). The number of hydrogen-bond donors (Lipinski definition) is 1. The predicted molar refractivity (Wildman–Crippen MR) is 102 cm³/mol. The second-order valence-electron chi connectivity index (χ2n) is 6.80. The van der Waals surface area contributed by atoms with Crippen molar-refractivity contribution in [3.8, 4) is 0 Å². The number of rotatable bonds is 7. The molecule has 0 radical (unpaired) electrons. The highest BCUT2D eigenvalue weighted by Gasteiger charge is 2.29. The van der Waals surface area contributed by atoms with E-state index >= 15 is 0 Å². The van der Waals surface area contributed by atoms with Crippen LogP contribution < -0.4 is 5.32 Å². The molecule has 152 valence electrons. The summed E-state index contributed by atoms with van der Waals surface area (Å²) in [7, 11) is -3.65. The van der Waals surface area contributed by atoms with Gasteiger partial charge in [-0.3, -0.25) is 19.3 Å². The first-order chi connectivity index (χ1) is 13.3. The van der Waals surface area contributed by atoms with Gasteiger partial charge in [0.1, 0.15) is 0 Å². The second-order valence-corrected chi connectivity index (χ2v) is 9.15. The van der Waals surface area contributed by atoms with E-state index in [-0.39, 0.29) is 53.2 Å². The first-order valence-corrected chi connectivity index (χ1v) is 11.0. The highest BCUT2D eigenvalue weighted by atomic mass is 35.5. The Balaban J connectivity index is 1.61. The highest BCUT2D eigenvalue weighted by Crippen LogP contribution is 2.25. The molecule has 1 aromatic rings. The van der Waals surface area contributed by atoms with Gasteiger partial charge in [-0.2, -0.15) is 4.31 Å². The maximum absolute atomic E-state index is 12.7. The minimum atomic E-state index is -3.65. The number of likely N-dealkylation sites (tertiary alicyclic amines) is 1. The molecular formula is C18H22ClN3O5S. The molecule has 3 amide bonds. The van der Waals surface area contributed by atoms with Gasteiger partial charge in [-0.05, 0) is 37.5 Å². The molecule has 28 heavy (non-hydrogen) atoms. The van der Waals surface area contributed by atoms with Crippen LogP contribution >= 0.6 is 11.6 Å². The Bertz CT molecular complexity index is 880. The van der Waals surface area contributed by atoms with Gasteiger partial charge in [0.2, 0.25) is 21.8 Å². The minimum Gasteiger partial charge on any atom is -0.352 e. The van der Waals surface area contributed by atoms with Gasteiger partial charge in [0.15, 0.2) is 0 Å². The number of halogens is 1. The zero-order valence-electron chi connectivity index (χ0n) is 15.3. The molecule has 0 saturated carbocycles. The molecule has 1 N–H and O–H groups in total. The third-order valence-corrected chi connectivity index (χ3v) is 7.11. The number of benzene rings is 1. The van der Waals surface area contributed by atoms with Gasteiger partial charge in [-0.1, -0.05) is 11.6 Å². The van der Waals surface area contributed by atoms with Crippen LogP contribution in [0.15, 0.2) is 23.1 Å². The van der Waals surface area contributed by atoms with Crippen LogP contribution in [-0.2, 0) is 19.6 Å². The van der Waals surface area contributed by atoms with Crippen LogP contribution in [0.2, 0.25) is 5.02 Å². The van der Waals surface area contributed by atoms with E-state index in [0.717, 1.165) is 12.8 Å². The van der Waals surface area contributed by atoms with E-state index in [1.165, 1.54) is 27.4 Å². The normalized spacial score (nSPS) is 18.1. The van der Waals surface area contributed by atoms with Crippen molar-refractivity contribution in [2.75, 3.05) is 26.2 Å². The summed E-state index contributed by atoms with van der Waals surface area (Å²) >= 11 is 6.09. The molecule has 0 spiro atoms. The number of nitrogens with one attached hydrogen (secondary N) is 1. The van der Waals surface area contributed by atoms with Crippen molar-refractivity contribution in [1.82, 2.24) is 14.5 Å². The molecule has 8 nitrogen and oxygen atoms in total. The maximum Gasteiger partial charge on any atom is 0.252 e. The predicted octanol–water partition coefficient (Wildman–Crippen LogP) is 1.39. The number of carbonyl (C=O) groups excluding carboxylic acids is 3. The Morgan fingerprint density at radius 3 is 2.39 bits per heavy atom. The molecule has 0 aliphatic carbocycles. The van der Waals surface area contributed by atoms with Crippen molar-refractivity contribution in [1.29, 1.82) is 0 Å². The summed E-state index contributed by atoms with van der Waals surface area (Å²) < 4.78 is 26.7. The van der Waals surface area contributed by atoms with Crippen molar-refractivity contribution in [3.05, 3.63) is 28.8 Å². The van der Waals surface area contributed by atoms with E-state index in [1.807, 2.05) is 0 Å². The lowest BCUT2D eigenvalue weighted by molar-refractivity contribution is -0.138. The fraction of sp³-hybridized carbons (Fsp3) is 0.500. The maximum atomic E-state index is 12.7. The fourth-order valence-electron chi connectivity index (χ4n) is 3.32. The first kappa shape index (κ1) is 20.8. The molecule has 2 aliphatic rings. The number of nitrogens with zero attached hydrogens (tertiary/aromatic N) is 2. The van der Waals surface area contributed by atoms with Gasteiger partial charge >= 0.3 is 0 Å². The lowest BCUT2D eigenvalue weighted by Gasteiger charge is -2.17. The van der Waals surface area contributed by atoms with Crippen molar-refractivity contribution >= 4 is 39.3 Å². The fourth-order valence-corrected chi connectivity index (χ4v) is 5.07. The third kappa shape index (κ3) is 4.37. The van der Waals surface area contributed by atoms with Gasteiger partial charge in [-0.15, -0.1) is 0 Å². The summed E-state index contributed by atoms with van der Waals surface area (Å²) in [6.45, 7) is 1.42. The average molecular weight is 428 g/mol. The molecule has 10 heteroatoms. The molecule has 0 aromatic heterocycles. The van der Waals surface area contributed by atoms with Gasteiger partial charge in [0.05, 0.1) is 15.5 Å². The van der Waals surface area contributed by atoms with E-state index in [1.54, 1.807) is 0 Å². The lowest BCUT2D eigenvalue weighted by atomic mass is 10.2. The Hall–Kier alpha value is -1.97. The standard InChI is InChI=1S/C18H22ClN3O5S/c19-15-5-4-13(28(26,27)21-9-1-2-10-21)12-14(15)18(25)20-8-3-11-22-16(23)6-7-17(22)24/h4-5,12H,1-3,6-11H2,(H,20,25). The van der Waals surface area contributed by atoms with Crippen molar-refractivity contribution in [2.45, 2.75) is 37.0 Å². The lowest BCUT2D eigenvalue weighted by Crippen LogP contribution is -2.33. The molecule has 0 atom stereocenters. The van der Waals surface area contributed by atoms with Crippen LogP contribution in [0.1, 0.15) is 42.5 Å². The van der Waals surface area contributed by atoms with Gasteiger partial charge in [0.25, 0.3) is 5.91 Å². The van der Waals surface area contributed by atoms with Gasteiger partial charge in [0, 0.05) is 39.0 Å². The van der Waals surface area contributed by atoms with Gasteiger partial charge < -0.3 is 5.32 Å². The number of sulfonamides is 1. The van der Waals surface area contributed by atoms with Crippen LogP contribution in [0, 0.1) is 0 Å². The monoisotopic (exact) mass is 427 g/mol. The molecule has 1 aromatic carbocycles. The minimum absolute atomic E-state index is 0.0391. The summed E-state index contributed by atoms with van der Waals surface area (Å²) in [6.07, 6.45) is 2.52. The number of carbonyl (C=O) groups is 3.